The molecule has 1 aromatic heterocycles. The van der Waals surface area contributed by atoms with E-state index < -0.39 is 0 Å². The Hall–Kier alpha value is -0.640. The van der Waals surface area contributed by atoms with E-state index >= 15 is 0 Å². The van der Waals surface area contributed by atoms with Crippen LogP contribution in [0, 0.1) is 6.92 Å². The van der Waals surface area contributed by atoms with Crippen molar-refractivity contribution < 1.29 is 0 Å². The van der Waals surface area contributed by atoms with Crippen LogP contribution in [0.25, 0.3) is 0 Å². The van der Waals surface area contributed by atoms with Crippen molar-refractivity contribution in [3.63, 3.8) is 0 Å². The first-order chi connectivity index (χ1) is 7.33. The van der Waals surface area contributed by atoms with Crippen LogP contribution in [0.3, 0.4) is 0 Å². The minimum atomic E-state index is 0.233. The van der Waals surface area contributed by atoms with Crippen molar-refractivity contribution in [2.45, 2.75) is 38.6 Å². The molecule has 0 amide bonds. The zero-order valence-electron chi connectivity index (χ0n) is 9.12. The maximum atomic E-state index is 5.68. The van der Waals surface area contributed by atoms with Crippen molar-refractivity contribution in [3.8, 4) is 0 Å². The average molecular weight is 222 g/mol. The molecule has 1 unspecified atom stereocenters. The number of hydrazine groups is 1. The smallest absolute Gasteiger partial charge is 0.0680 e. The van der Waals surface area contributed by atoms with Crippen LogP contribution in [0.15, 0.2) is 22.4 Å². The van der Waals surface area contributed by atoms with E-state index in [1.54, 1.807) is 11.3 Å². The highest BCUT2D eigenvalue weighted by Gasteiger charge is 2.18. The van der Waals surface area contributed by atoms with E-state index in [1.165, 1.54) is 42.4 Å². The van der Waals surface area contributed by atoms with Gasteiger partial charge in [0.15, 0.2) is 0 Å². The summed E-state index contributed by atoms with van der Waals surface area (Å²) in [5, 5.41) is 4.39. The zero-order valence-corrected chi connectivity index (χ0v) is 9.94. The first-order valence-electron chi connectivity index (χ1n) is 5.50. The molecule has 0 radical (unpaired) electrons. The Bertz CT molecular complexity index is 354. The van der Waals surface area contributed by atoms with E-state index in [2.05, 4.69) is 29.2 Å². The molecule has 1 aromatic rings. The summed E-state index contributed by atoms with van der Waals surface area (Å²) in [5.74, 6) is 5.68. The van der Waals surface area contributed by atoms with E-state index in [0.29, 0.717) is 0 Å². The van der Waals surface area contributed by atoms with Gasteiger partial charge in [0.2, 0.25) is 0 Å². The highest BCUT2D eigenvalue weighted by Crippen LogP contribution is 2.32. The van der Waals surface area contributed by atoms with Gasteiger partial charge in [0.05, 0.1) is 6.04 Å². The Morgan fingerprint density at radius 3 is 2.80 bits per heavy atom. The Kier molecular flexibility index (Phi) is 3.57. The average Bonchev–Trinajstić information content (AvgIpc) is 2.68. The molecule has 0 aromatic carbocycles. The van der Waals surface area contributed by atoms with Crippen LogP contribution in [0.1, 0.15) is 42.9 Å². The van der Waals surface area contributed by atoms with Crippen LogP contribution in [0.5, 0.6) is 0 Å². The lowest BCUT2D eigenvalue weighted by molar-refractivity contribution is 0.565. The molecule has 0 spiro atoms. The van der Waals surface area contributed by atoms with Crippen molar-refractivity contribution in [2.24, 2.45) is 5.84 Å². The lowest BCUT2D eigenvalue weighted by Crippen LogP contribution is -2.30. The Morgan fingerprint density at radius 1 is 1.40 bits per heavy atom. The summed E-state index contributed by atoms with van der Waals surface area (Å²) in [6, 6.07) is 0.233. The van der Waals surface area contributed by atoms with Gasteiger partial charge in [-0.1, -0.05) is 11.6 Å². The molecule has 0 saturated heterocycles. The maximum absolute atomic E-state index is 5.68. The number of nitrogens with one attached hydrogen (secondary N) is 1. The van der Waals surface area contributed by atoms with Gasteiger partial charge < -0.3 is 0 Å². The third kappa shape index (κ3) is 2.30. The van der Waals surface area contributed by atoms with Gasteiger partial charge in [0.1, 0.15) is 0 Å². The van der Waals surface area contributed by atoms with Gasteiger partial charge in [-0.2, -0.15) is 11.3 Å². The van der Waals surface area contributed by atoms with Crippen molar-refractivity contribution >= 4 is 11.3 Å². The van der Waals surface area contributed by atoms with Gasteiger partial charge in [-0.15, -0.1) is 0 Å². The van der Waals surface area contributed by atoms with Crippen molar-refractivity contribution in [1.82, 2.24) is 5.43 Å². The van der Waals surface area contributed by atoms with Crippen LogP contribution < -0.4 is 11.3 Å². The van der Waals surface area contributed by atoms with E-state index in [4.69, 9.17) is 5.84 Å². The van der Waals surface area contributed by atoms with E-state index in [-0.39, 0.29) is 6.04 Å². The van der Waals surface area contributed by atoms with Gasteiger partial charge >= 0.3 is 0 Å². The van der Waals surface area contributed by atoms with Crippen molar-refractivity contribution in [3.05, 3.63) is 33.5 Å². The SMILES string of the molecule is Cc1cscc1C(NN)C1=CCCCC1. The summed E-state index contributed by atoms with van der Waals surface area (Å²) >= 11 is 1.75. The largest absolute Gasteiger partial charge is 0.271 e. The fourth-order valence-corrected chi connectivity index (χ4v) is 3.06. The number of hydrogen-bond donors (Lipinski definition) is 2. The minimum absolute atomic E-state index is 0.233. The number of hydrogen-bond acceptors (Lipinski definition) is 3. The molecule has 2 nitrogen and oxygen atoms in total. The normalized spacial score (nSPS) is 18.7. The first-order valence-corrected chi connectivity index (χ1v) is 6.45. The van der Waals surface area contributed by atoms with Crippen LogP contribution in [-0.4, -0.2) is 0 Å². The second-order valence-electron chi connectivity index (χ2n) is 4.13. The van der Waals surface area contributed by atoms with Crippen LogP contribution >= 0.6 is 11.3 Å². The monoisotopic (exact) mass is 222 g/mol. The fraction of sp³-hybridized carbons (Fsp3) is 0.500. The molecule has 1 aliphatic carbocycles. The molecule has 3 N–H and O–H groups in total. The third-order valence-corrected chi connectivity index (χ3v) is 3.95. The van der Waals surface area contributed by atoms with Gasteiger partial charge in [-0.05, 0) is 54.5 Å². The van der Waals surface area contributed by atoms with E-state index in [0.717, 1.165) is 0 Å². The lowest BCUT2D eigenvalue weighted by atomic mass is 9.90. The number of aryl methyl sites for hydroxylation is 1. The molecule has 0 saturated carbocycles. The molecular weight excluding hydrogens is 204 g/mol. The summed E-state index contributed by atoms with van der Waals surface area (Å²) in [5.41, 5.74) is 7.10. The zero-order chi connectivity index (χ0) is 10.7. The molecule has 0 aliphatic heterocycles. The molecule has 1 heterocycles. The van der Waals surface area contributed by atoms with Gasteiger partial charge in [-0.3, -0.25) is 5.84 Å². The molecular formula is C12H18N2S. The Labute approximate surface area is 95.2 Å². The third-order valence-electron chi connectivity index (χ3n) is 3.07. The summed E-state index contributed by atoms with van der Waals surface area (Å²) in [4.78, 5) is 0. The van der Waals surface area contributed by atoms with Gasteiger partial charge in [0, 0.05) is 0 Å². The first kappa shape index (κ1) is 10.9. The summed E-state index contributed by atoms with van der Waals surface area (Å²) in [6.07, 6.45) is 7.36. The Morgan fingerprint density at radius 2 is 2.27 bits per heavy atom. The highest BCUT2D eigenvalue weighted by molar-refractivity contribution is 7.08. The van der Waals surface area contributed by atoms with Crippen LogP contribution in [0.2, 0.25) is 0 Å². The predicted octanol–water partition coefficient (Wildman–Crippen LogP) is 3.06. The number of rotatable bonds is 3. The summed E-state index contributed by atoms with van der Waals surface area (Å²) in [7, 11) is 0. The molecule has 0 fully saturated rings. The van der Waals surface area contributed by atoms with Crippen molar-refractivity contribution in [2.75, 3.05) is 0 Å². The molecule has 2 rings (SSSR count). The summed E-state index contributed by atoms with van der Waals surface area (Å²) in [6.45, 7) is 2.15. The van der Waals surface area contributed by atoms with Gasteiger partial charge in [-0.25, -0.2) is 5.43 Å². The van der Waals surface area contributed by atoms with Crippen LogP contribution in [-0.2, 0) is 0 Å². The second kappa shape index (κ2) is 4.92. The van der Waals surface area contributed by atoms with E-state index in [9.17, 15) is 0 Å². The fourth-order valence-electron chi connectivity index (χ4n) is 2.19. The predicted molar refractivity (Wildman–Crippen MR) is 65.7 cm³/mol. The van der Waals surface area contributed by atoms with Gasteiger partial charge in [0.25, 0.3) is 0 Å². The highest BCUT2D eigenvalue weighted by atomic mass is 32.1. The molecule has 15 heavy (non-hydrogen) atoms. The molecule has 1 atom stereocenters. The standard InChI is InChI=1S/C12H18N2S/c1-9-7-15-8-11(9)12(14-13)10-5-3-2-4-6-10/h5,7-8,12,14H,2-4,6,13H2,1H3. The molecule has 82 valence electrons. The lowest BCUT2D eigenvalue weighted by Gasteiger charge is -2.22. The molecule has 0 bridgehead atoms. The number of thiophene rings is 1. The number of nitrogens with two attached hydrogens (primary N) is 1. The number of allylic oxidation sites excluding steroid dienone is 1. The second-order valence-corrected chi connectivity index (χ2v) is 4.88. The topological polar surface area (TPSA) is 38.0 Å². The van der Waals surface area contributed by atoms with Crippen LogP contribution in [0.4, 0.5) is 0 Å². The quantitative estimate of drug-likeness (QED) is 0.468. The molecule has 1 aliphatic rings. The summed E-state index contributed by atoms with van der Waals surface area (Å²) < 4.78 is 0. The molecule has 3 heteroatoms. The minimum Gasteiger partial charge on any atom is -0.271 e. The van der Waals surface area contributed by atoms with Crippen molar-refractivity contribution in [1.29, 1.82) is 0 Å². The Balaban J connectivity index is 2.24. The maximum Gasteiger partial charge on any atom is 0.0680 e. The van der Waals surface area contributed by atoms with E-state index in [1.807, 2.05) is 0 Å².